The summed E-state index contributed by atoms with van der Waals surface area (Å²) in [6.07, 6.45) is 0.746. The van der Waals surface area contributed by atoms with Crippen molar-refractivity contribution in [2.45, 2.75) is 95.7 Å². The Kier molecular flexibility index (Phi) is 12.6. The Labute approximate surface area is 429 Å². The van der Waals surface area contributed by atoms with Gasteiger partial charge in [0.1, 0.15) is 29.8 Å². The quantitative estimate of drug-likeness (QED) is 0.0898. The third-order valence-electron chi connectivity index (χ3n) is 15.0. The number of amides is 5. The summed E-state index contributed by atoms with van der Waals surface area (Å²) in [7, 11) is 2.46. The summed E-state index contributed by atoms with van der Waals surface area (Å²) in [6, 6.07) is 16.3. The van der Waals surface area contributed by atoms with Crippen LogP contribution >= 0.6 is 0 Å². The van der Waals surface area contributed by atoms with E-state index < -0.39 is 60.4 Å². The number of carbonyl (C=O) groups excluding carboxylic acids is 5. The van der Waals surface area contributed by atoms with Gasteiger partial charge >= 0.3 is 18.3 Å². The summed E-state index contributed by atoms with van der Waals surface area (Å²) in [6.45, 7) is 6.71. The fourth-order valence-electron chi connectivity index (χ4n) is 11.0. The van der Waals surface area contributed by atoms with Crippen molar-refractivity contribution in [1.29, 1.82) is 0 Å². The first-order chi connectivity index (χ1) is 36.1. The molecule has 21 heteroatoms. The second-order valence-corrected chi connectivity index (χ2v) is 19.8. The Hall–Kier alpha value is -8.23. The number of halogens is 2. The molecule has 1 aliphatic carbocycles. The molecular weight excluding hydrogens is 973 g/mol. The zero-order valence-electron chi connectivity index (χ0n) is 41.8. The number of alkyl halides is 2. The lowest BCUT2D eigenvalue weighted by Crippen LogP contribution is -2.51. The number of likely N-dealkylation sites (tertiary alicyclic amines) is 2. The minimum atomic E-state index is -3.35. The van der Waals surface area contributed by atoms with Crippen LogP contribution < -0.4 is 20.1 Å². The molecule has 4 aliphatic heterocycles. The second-order valence-electron chi connectivity index (χ2n) is 19.8. The molecule has 5 aliphatic rings. The van der Waals surface area contributed by atoms with Gasteiger partial charge in [0.05, 0.1) is 49.6 Å². The molecule has 0 saturated carbocycles. The van der Waals surface area contributed by atoms with Crippen LogP contribution in [0.2, 0.25) is 0 Å². The minimum absolute atomic E-state index is 0.0306. The number of alkyl carbamates (subject to hydrolysis) is 2. The van der Waals surface area contributed by atoms with Crippen molar-refractivity contribution in [3.8, 4) is 45.0 Å². The molecule has 5 amide bonds. The lowest BCUT2D eigenvalue weighted by Gasteiger charge is -2.29. The molecule has 0 spiro atoms. The molecule has 2 aromatic heterocycles. The number of nitrogens with one attached hydrogen (secondary N) is 4. The summed E-state index contributed by atoms with van der Waals surface area (Å²) in [5, 5.41) is 5.26. The van der Waals surface area contributed by atoms with E-state index in [-0.39, 0.29) is 49.1 Å². The standard InChI is InChI=1S/C54H55F2N9O10/c1-6-38(61-51(68)71-4)49(66)65-25-33(75-53(70)63-23-31-19-44-45(74-26-73-44)20-32(31)24-63)21-43(65)48-58-39-14-11-29(18-40(39)59-48)28-9-12-34-35-13-10-30(17-37(35)54(55,56)36(34)16-28)41-22-57-47(60-41)42-8-7-15-64(42)50(67)46(27(2)3)62-52(69)72-5/h9-14,16-20,22,27,33,38,42-43,46H,6-8,15,21,23-26H2,1-5H3,(H,57,60)(H,58,59)(H,61,68)(H,62,69)/t33?,38-,42-,43?,46-/m0/s1. The van der Waals surface area contributed by atoms with Crippen molar-refractivity contribution in [1.82, 2.24) is 45.3 Å². The number of methoxy groups -OCH3 is 2. The molecule has 6 aromatic rings. The largest absolute Gasteiger partial charge is 0.454 e. The summed E-state index contributed by atoms with van der Waals surface area (Å²) in [4.78, 5) is 87.1. The number of carbonyl (C=O) groups is 5. The SMILES string of the molecule is CC[C@H](NC(=O)OC)C(=O)N1CC(OC(=O)N2Cc3cc4c(cc3C2)OCO4)CC1c1nc2cc(-c3ccc4c(c3)C(F)(F)c3cc(-c5c[nH]c([C@@H]6CCCN6C(=O)[C@@H](NC(=O)OC)C(C)C)n5)ccc3-4)ccc2[nH]1. The lowest BCUT2D eigenvalue weighted by atomic mass is 9.98. The number of aromatic amines is 2. The van der Waals surface area contributed by atoms with Gasteiger partial charge in [-0.3, -0.25) is 14.5 Å². The lowest BCUT2D eigenvalue weighted by molar-refractivity contribution is -0.136. The summed E-state index contributed by atoms with van der Waals surface area (Å²) in [5.74, 6) is -2.03. The topological polar surface area (TPSA) is 223 Å². The Balaban J connectivity index is 0.817. The Morgan fingerprint density at radius 3 is 2.13 bits per heavy atom. The normalized spacial score (nSPS) is 19.7. The maximum Gasteiger partial charge on any atom is 0.410 e. The number of hydrogen-bond acceptors (Lipinski definition) is 12. The number of imidazole rings is 2. The van der Waals surface area contributed by atoms with E-state index >= 15 is 8.78 Å². The molecule has 75 heavy (non-hydrogen) atoms. The molecule has 4 N–H and O–H groups in total. The first-order valence-corrected chi connectivity index (χ1v) is 25.0. The van der Waals surface area contributed by atoms with Crippen molar-refractivity contribution in [3.63, 3.8) is 0 Å². The van der Waals surface area contributed by atoms with Crippen LogP contribution in [0.3, 0.4) is 0 Å². The third-order valence-corrected chi connectivity index (χ3v) is 15.0. The zero-order valence-corrected chi connectivity index (χ0v) is 41.8. The number of ether oxygens (including phenoxy) is 5. The number of benzene rings is 4. The molecule has 0 radical (unpaired) electrons. The first kappa shape index (κ1) is 49.0. The monoisotopic (exact) mass is 1030 g/mol. The highest BCUT2D eigenvalue weighted by Crippen LogP contribution is 2.53. The number of hydrogen-bond donors (Lipinski definition) is 4. The molecular formula is C54H55F2N9O10. The van der Waals surface area contributed by atoms with Gasteiger partial charge in [0.15, 0.2) is 11.5 Å². The van der Waals surface area contributed by atoms with Gasteiger partial charge in [-0.25, -0.2) is 24.4 Å². The average Bonchev–Trinajstić information content (AvgIpc) is 4.31. The van der Waals surface area contributed by atoms with Crippen LogP contribution in [-0.4, -0.2) is 117 Å². The minimum Gasteiger partial charge on any atom is -0.454 e. The molecule has 19 nitrogen and oxygen atoms in total. The van der Waals surface area contributed by atoms with Gasteiger partial charge in [-0.2, -0.15) is 8.78 Å². The van der Waals surface area contributed by atoms with Gasteiger partial charge in [-0.15, -0.1) is 0 Å². The van der Waals surface area contributed by atoms with Crippen LogP contribution in [0.15, 0.2) is 72.9 Å². The highest BCUT2D eigenvalue weighted by atomic mass is 19.3. The van der Waals surface area contributed by atoms with E-state index in [1.807, 2.05) is 32.0 Å². The Morgan fingerprint density at radius 1 is 0.800 bits per heavy atom. The van der Waals surface area contributed by atoms with Gasteiger partial charge in [0, 0.05) is 48.9 Å². The molecule has 390 valence electrons. The maximum atomic E-state index is 16.7. The van der Waals surface area contributed by atoms with Gasteiger partial charge in [-0.05, 0) is 95.0 Å². The summed E-state index contributed by atoms with van der Waals surface area (Å²) in [5.41, 5.74) is 5.62. The van der Waals surface area contributed by atoms with Crippen LogP contribution in [0.5, 0.6) is 11.5 Å². The van der Waals surface area contributed by atoms with Crippen LogP contribution in [0.1, 0.15) is 92.4 Å². The van der Waals surface area contributed by atoms with Gasteiger partial charge < -0.3 is 54.1 Å². The van der Waals surface area contributed by atoms with Crippen LogP contribution in [0.4, 0.5) is 23.2 Å². The van der Waals surface area contributed by atoms with E-state index in [2.05, 4.69) is 20.6 Å². The highest BCUT2D eigenvalue weighted by Gasteiger charge is 2.46. The third kappa shape index (κ3) is 8.86. The van der Waals surface area contributed by atoms with Crippen molar-refractivity contribution in [2.24, 2.45) is 5.92 Å². The van der Waals surface area contributed by atoms with Gasteiger partial charge in [0.2, 0.25) is 18.6 Å². The number of H-pyrrole nitrogens is 2. The molecule has 4 aromatic carbocycles. The fourth-order valence-corrected chi connectivity index (χ4v) is 11.0. The summed E-state index contributed by atoms with van der Waals surface area (Å²) < 4.78 is 60.2. The van der Waals surface area contributed by atoms with Crippen molar-refractivity contribution < 1.29 is 56.4 Å². The Bertz CT molecular complexity index is 3250. The number of aromatic nitrogens is 4. The van der Waals surface area contributed by atoms with E-state index in [1.165, 1.54) is 26.4 Å². The van der Waals surface area contributed by atoms with Crippen LogP contribution in [0.25, 0.3) is 44.5 Å². The Morgan fingerprint density at radius 2 is 1.45 bits per heavy atom. The highest BCUT2D eigenvalue weighted by molar-refractivity contribution is 5.89. The predicted octanol–water partition coefficient (Wildman–Crippen LogP) is 8.44. The molecule has 2 saturated heterocycles. The first-order valence-electron chi connectivity index (χ1n) is 25.0. The average molecular weight is 1030 g/mol. The molecule has 6 heterocycles. The fraction of sp³-hybridized carbons (Fsp3) is 0.389. The number of rotatable bonds is 11. The van der Waals surface area contributed by atoms with E-state index in [0.717, 1.165) is 17.5 Å². The van der Waals surface area contributed by atoms with E-state index in [9.17, 15) is 24.0 Å². The van der Waals surface area contributed by atoms with E-state index in [1.54, 1.807) is 64.2 Å². The zero-order chi connectivity index (χ0) is 52.4. The predicted molar refractivity (Wildman–Crippen MR) is 266 cm³/mol. The van der Waals surface area contributed by atoms with E-state index in [4.69, 9.17) is 33.7 Å². The van der Waals surface area contributed by atoms with Gasteiger partial charge in [0.25, 0.3) is 5.92 Å². The smallest absolute Gasteiger partial charge is 0.410 e. The maximum absolute atomic E-state index is 16.7. The molecule has 2 unspecified atom stereocenters. The summed E-state index contributed by atoms with van der Waals surface area (Å²) >= 11 is 0. The molecule has 5 atom stereocenters. The number of fused-ring (bicyclic) bond motifs is 6. The second kappa shape index (κ2) is 19.2. The molecule has 2 fully saturated rings. The van der Waals surface area contributed by atoms with Crippen LogP contribution in [-0.2, 0) is 42.8 Å². The van der Waals surface area contributed by atoms with Crippen molar-refractivity contribution >= 4 is 41.1 Å². The molecule has 0 bridgehead atoms. The van der Waals surface area contributed by atoms with Crippen molar-refractivity contribution in [3.05, 3.63) is 107 Å². The van der Waals surface area contributed by atoms with Crippen molar-refractivity contribution in [2.75, 3.05) is 34.1 Å². The molecule has 11 rings (SSSR count). The van der Waals surface area contributed by atoms with Gasteiger partial charge in [-0.1, -0.05) is 51.1 Å². The number of nitrogens with zero attached hydrogens (tertiary/aromatic N) is 5. The van der Waals surface area contributed by atoms with E-state index in [0.29, 0.717) is 93.7 Å². The van der Waals surface area contributed by atoms with Crippen LogP contribution in [0, 0.1) is 5.92 Å².